The maximum atomic E-state index is 13.1. The number of aromatic nitrogens is 2. The lowest BCUT2D eigenvalue weighted by molar-refractivity contribution is 0.0943. The fraction of sp³-hybridized carbons (Fsp3) is 0.160. The first-order valence-corrected chi connectivity index (χ1v) is 9.80. The Morgan fingerprint density at radius 2 is 1.47 bits per heavy atom. The molecule has 1 heterocycles. The van der Waals surface area contributed by atoms with Crippen molar-refractivity contribution in [1.82, 2.24) is 15.3 Å². The summed E-state index contributed by atoms with van der Waals surface area (Å²) in [5.41, 5.74) is 5.78. The van der Waals surface area contributed by atoms with Crippen molar-refractivity contribution < 1.29 is 9.53 Å². The fourth-order valence-corrected chi connectivity index (χ4v) is 3.39. The normalized spacial score (nSPS) is 11.8. The summed E-state index contributed by atoms with van der Waals surface area (Å²) in [6, 6.07) is 22.8. The number of nitrogens with zero attached hydrogens (tertiary/aromatic N) is 2. The van der Waals surface area contributed by atoms with Gasteiger partial charge >= 0.3 is 0 Å². The van der Waals surface area contributed by atoms with E-state index >= 15 is 0 Å². The molecular weight excluding hydrogens is 374 g/mol. The Morgan fingerprint density at radius 3 is 2.13 bits per heavy atom. The van der Waals surface area contributed by atoms with Gasteiger partial charge in [-0.3, -0.25) is 4.79 Å². The average molecular weight is 397 g/mol. The van der Waals surface area contributed by atoms with Gasteiger partial charge in [-0.1, -0.05) is 42.5 Å². The zero-order valence-electron chi connectivity index (χ0n) is 17.2. The number of carbonyl (C=O) groups is 1. The largest absolute Gasteiger partial charge is 0.497 e. The number of ether oxygens (including phenoxy) is 1. The van der Waals surface area contributed by atoms with Crippen LogP contribution in [0.25, 0.3) is 11.0 Å². The van der Waals surface area contributed by atoms with E-state index in [0.717, 1.165) is 33.8 Å². The Kier molecular flexibility index (Phi) is 5.44. The molecule has 0 saturated carbocycles. The van der Waals surface area contributed by atoms with Crippen LogP contribution >= 0.6 is 0 Å². The molecule has 5 nitrogen and oxygen atoms in total. The molecule has 0 spiro atoms. The zero-order valence-corrected chi connectivity index (χ0v) is 17.2. The number of hydrogen-bond donors (Lipinski definition) is 1. The van der Waals surface area contributed by atoms with Crippen LogP contribution in [-0.2, 0) is 0 Å². The maximum absolute atomic E-state index is 13.1. The van der Waals surface area contributed by atoms with Crippen LogP contribution in [-0.4, -0.2) is 23.0 Å². The van der Waals surface area contributed by atoms with Crippen molar-refractivity contribution in [3.8, 4) is 5.75 Å². The lowest BCUT2D eigenvalue weighted by Gasteiger charge is -2.20. The van der Waals surface area contributed by atoms with Gasteiger partial charge in [-0.05, 0) is 55.3 Å². The first-order chi connectivity index (χ1) is 14.5. The van der Waals surface area contributed by atoms with E-state index in [0.29, 0.717) is 11.1 Å². The first kappa shape index (κ1) is 19.6. The molecule has 30 heavy (non-hydrogen) atoms. The quantitative estimate of drug-likeness (QED) is 0.527. The van der Waals surface area contributed by atoms with Crippen molar-refractivity contribution >= 4 is 16.9 Å². The van der Waals surface area contributed by atoms with Gasteiger partial charge in [0.1, 0.15) is 5.75 Å². The van der Waals surface area contributed by atoms with Gasteiger partial charge in [0, 0.05) is 5.56 Å². The van der Waals surface area contributed by atoms with Crippen LogP contribution in [0.5, 0.6) is 5.75 Å². The van der Waals surface area contributed by atoms with Crippen molar-refractivity contribution in [2.75, 3.05) is 7.11 Å². The molecule has 4 rings (SSSR count). The topological polar surface area (TPSA) is 64.1 Å². The minimum absolute atomic E-state index is 0.165. The van der Waals surface area contributed by atoms with Gasteiger partial charge in [0.25, 0.3) is 5.91 Å². The van der Waals surface area contributed by atoms with Gasteiger partial charge in [-0.25, -0.2) is 9.97 Å². The van der Waals surface area contributed by atoms with Crippen LogP contribution in [0.2, 0.25) is 0 Å². The van der Waals surface area contributed by atoms with Crippen molar-refractivity contribution in [1.29, 1.82) is 0 Å². The molecule has 1 atom stereocenters. The van der Waals surface area contributed by atoms with E-state index in [1.807, 2.05) is 74.5 Å². The zero-order chi connectivity index (χ0) is 21.1. The molecule has 0 fully saturated rings. The molecule has 0 radical (unpaired) electrons. The highest BCUT2D eigenvalue weighted by Crippen LogP contribution is 2.25. The molecule has 0 saturated heterocycles. The van der Waals surface area contributed by atoms with Crippen LogP contribution < -0.4 is 10.1 Å². The highest BCUT2D eigenvalue weighted by Gasteiger charge is 2.18. The SMILES string of the molecule is COc1ccc(C(NC(=O)c2ccc3nc(C)c(C)nc3c2)c2ccccc2)cc1. The molecular formula is C25H23N3O2. The van der Waals surface area contributed by atoms with E-state index in [1.54, 1.807) is 19.2 Å². The summed E-state index contributed by atoms with van der Waals surface area (Å²) in [7, 11) is 1.64. The second kappa shape index (κ2) is 8.33. The Morgan fingerprint density at radius 1 is 0.833 bits per heavy atom. The van der Waals surface area contributed by atoms with Gasteiger partial charge in [0.05, 0.1) is 35.6 Å². The van der Waals surface area contributed by atoms with E-state index in [2.05, 4.69) is 15.3 Å². The predicted octanol–water partition coefficient (Wildman–Crippen LogP) is 4.77. The molecule has 150 valence electrons. The van der Waals surface area contributed by atoms with Crippen LogP contribution in [0.4, 0.5) is 0 Å². The minimum atomic E-state index is -0.286. The summed E-state index contributed by atoms with van der Waals surface area (Å²) in [4.78, 5) is 22.3. The van der Waals surface area contributed by atoms with Gasteiger partial charge in [-0.15, -0.1) is 0 Å². The van der Waals surface area contributed by atoms with E-state index in [4.69, 9.17) is 4.74 Å². The Balaban J connectivity index is 1.67. The standard InChI is InChI=1S/C25H23N3O2/c1-16-17(2)27-23-15-20(11-14-22(23)26-16)25(29)28-24(18-7-5-4-6-8-18)19-9-12-21(30-3)13-10-19/h4-15,24H,1-3H3,(H,28,29). The summed E-state index contributed by atoms with van der Waals surface area (Å²) in [5, 5.41) is 3.17. The summed E-state index contributed by atoms with van der Waals surface area (Å²) in [6.45, 7) is 3.85. The van der Waals surface area contributed by atoms with Gasteiger partial charge < -0.3 is 10.1 Å². The Hall–Kier alpha value is -3.73. The number of aryl methyl sites for hydroxylation is 2. The van der Waals surface area contributed by atoms with E-state index in [9.17, 15) is 4.79 Å². The fourth-order valence-electron chi connectivity index (χ4n) is 3.39. The van der Waals surface area contributed by atoms with Crippen LogP contribution in [0.3, 0.4) is 0 Å². The molecule has 0 aliphatic heterocycles. The molecule has 1 aromatic heterocycles. The third kappa shape index (κ3) is 4.01. The lowest BCUT2D eigenvalue weighted by Crippen LogP contribution is -2.29. The molecule has 1 amide bonds. The molecule has 4 aromatic rings. The molecule has 1 unspecified atom stereocenters. The third-order valence-corrected chi connectivity index (χ3v) is 5.19. The second-order valence-corrected chi connectivity index (χ2v) is 7.19. The maximum Gasteiger partial charge on any atom is 0.252 e. The van der Waals surface area contributed by atoms with Crippen molar-refractivity contribution in [3.05, 3.63) is 101 Å². The number of rotatable bonds is 5. The number of carbonyl (C=O) groups excluding carboxylic acids is 1. The second-order valence-electron chi connectivity index (χ2n) is 7.19. The van der Waals surface area contributed by atoms with Gasteiger partial charge in [-0.2, -0.15) is 0 Å². The number of nitrogens with one attached hydrogen (secondary N) is 1. The highest BCUT2D eigenvalue weighted by atomic mass is 16.5. The highest BCUT2D eigenvalue weighted by molar-refractivity contribution is 5.97. The van der Waals surface area contributed by atoms with Gasteiger partial charge in [0.2, 0.25) is 0 Å². The number of amides is 1. The average Bonchev–Trinajstić information content (AvgIpc) is 2.78. The Bertz CT molecular complexity index is 1190. The molecule has 5 heteroatoms. The van der Waals surface area contributed by atoms with Crippen molar-refractivity contribution in [3.63, 3.8) is 0 Å². The van der Waals surface area contributed by atoms with Crippen LogP contribution in [0.1, 0.15) is 38.9 Å². The predicted molar refractivity (Wildman–Crippen MR) is 118 cm³/mol. The van der Waals surface area contributed by atoms with Gasteiger partial charge in [0.15, 0.2) is 0 Å². The first-order valence-electron chi connectivity index (χ1n) is 9.80. The smallest absolute Gasteiger partial charge is 0.252 e. The summed E-state index contributed by atoms with van der Waals surface area (Å²) >= 11 is 0. The molecule has 1 N–H and O–H groups in total. The summed E-state index contributed by atoms with van der Waals surface area (Å²) in [5.74, 6) is 0.609. The minimum Gasteiger partial charge on any atom is -0.497 e. The van der Waals surface area contributed by atoms with E-state index in [-0.39, 0.29) is 11.9 Å². The van der Waals surface area contributed by atoms with Crippen molar-refractivity contribution in [2.24, 2.45) is 0 Å². The number of benzene rings is 3. The summed E-state index contributed by atoms with van der Waals surface area (Å²) < 4.78 is 5.26. The van der Waals surface area contributed by atoms with Crippen molar-refractivity contribution in [2.45, 2.75) is 19.9 Å². The molecule has 3 aromatic carbocycles. The lowest BCUT2D eigenvalue weighted by atomic mass is 9.98. The molecule has 0 aliphatic carbocycles. The summed E-state index contributed by atoms with van der Waals surface area (Å²) in [6.07, 6.45) is 0. The van der Waals surface area contributed by atoms with E-state index < -0.39 is 0 Å². The Labute approximate surface area is 175 Å². The van der Waals surface area contributed by atoms with Crippen LogP contribution in [0, 0.1) is 13.8 Å². The molecule has 0 aliphatic rings. The van der Waals surface area contributed by atoms with Crippen LogP contribution in [0.15, 0.2) is 72.8 Å². The number of hydrogen-bond acceptors (Lipinski definition) is 4. The third-order valence-electron chi connectivity index (χ3n) is 5.19. The number of methoxy groups -OCH3 is 1. The number of fused-ring (bicyclic) bond motifs is 1. The van der Waals surface area contributed by atoms with E-state index in [1.165, 1.54) is 0 Å². The monoisotopic (exact) mass is 397 g/mol. The molecule has 0 bridgehead atoms.